The zero-order chi connectivity index (χ0) is 11.7. The Morgan fingerprint density at radius 3 is 2.40 bits per heavy atom. The summed E-state index contributed by atoms with van der Waals surface area (Å²) in [7, 11) is 3.44. The molecule has 0 saturated carbocycles. The van der Waals surface area contributed by atoms with Gasteiger partial charge in [0, 0.05) is 39.9 Å². The van der Waals surface area contributed by atoms with Crippen LogP contribution in [0.2, 0.25) is 0 Å². The maximum atomic E-state index is 5.62. The normalized spacial score (nSPS) is 15.6. The van der Waals surface area contributed by atoms with Gasteiger partial charge in [0.15, 0.2) is 0 Å². The van der Waals surface area contributed by atoms with Gasteiger partial charge in [-0.3, -0.25) is 4.90 Å². The van der Waals surface area contributed by atoms with Crippen LogP contribution in [0.4, 0.5) is 0 Å². The molecule has 0 aliphatic carbocycles. The molecule has 0 radical (unpaired) electrons. The van der Waals surface area contributed by atoms with Crippen LogP contribution in [0, 0.1) is 0 Å². The molecule has 0 saturated heterocycles. The third-order valence-electron chi connectivity index (χ3n) is 2.83. The van der Waals surface area contributed by atoms with Gasteiger partial charge in [0.25, 0.3) is 0 Å². The second-order valence-electron chi connectivity index (χ2n) is 3.84. The lowest BCUT2D eigenvalue weighted by molar-refractivity contribution is 0.0428. The molecule has 4 nitrogen and oxygen atoms in total. The lowest BCUT2D eigenvalue weighted by Crippen LogP contribution is -2.43. The average Bonchev–Trinajstić information content (AvgIpc) is 2.28. The second kappa shape index (κ2) is 9.09. The minimum Gasteiger partial charge on any atom is -0.383 e. The van der Waals surface area contributed by atoms with Crippen molar-refractivity contribution in [3.8, 4) is 0 Å². The van der Waals surface area contributed by atoms with Crippen LogP contribution in [0.25, 0.3) is 0 Å². The summed E-state index contributed by atoms with van der Waals surface area (Å²) in [6.07, 6.45) is 1.25. The Balaban J connectivity index is 4.09. The first-order valence-corrected chi connectivity index (χ1v) is 5.65. The van der Waals surface area contributed by atoms with Crippen molar-refractivity contribution >= 4 is 0 Å². The van der Waals surface area contributed by atoms with Gasteiger partial charge in [-0.15, -0.1) is 0 Å². The maximum Gasteiger partial charge on any atom is 0.0820 e. The van der Waals surface area contributed by atoms with E-state index < -0.39 is 0 Å². The van der Waals surface area contributed by atoms with E-state index in [2.05, 4.69) is 18.7 Å². The summed E-state index contributed by atoms with van der Waals surface area (Å²) in [6.45, 7) is 7.55. The third kappa shape index (κ3) is 6.10. The van der Waals surface area contributed by atoms with Gasteiger partial charge in [-0.25, -0.2) is 0 Å². The molecule has 92 valence electrons. The van der Waals surface area contributed by atoms with Crippen molar-refractivity contribution in [3.63, 3.8) is 0 Å². The summed E-state index contributed by atoms with van der Waals surface area (Å²) in [4.78, 5) is 2.37. The molecule has 0 aliphatic heterocycles. The van der Waals surface area contributed by atoms with E-state index in [0.29, 0.717) is 12.6 Å². The molecule has 0 heterocycles. The van der Waals surface area contributed by atoms with Gasteiger partial charge in [-0.05, 0) is 13.3 Å². The van der Waals surface area contributed by atoms with E-state index in [-0.39, 0.29) is 6.10 Å². The van der Waals surface area contributed by atoms with E-state index in [1.807, 2.05) is 0 Å². The smallest absolute Gasteiger partial charge is 0.0820 e. The van der Waals surface area contributed by atoms with Crippen molar-refractivity contribution in [1.29, 1.82) is 0 Å². The Hall–Kier alpha value is -0.160. The molecule has 0 rings (SSSR count). The van der Waals surface area contributed by atoms with Crippen molar-refractivity contribution in [3.05, 3.63) is 0 Å². The molecule has 2 unspecified atom stereocenters. The minimum absolute atomic E-state index is 0.121. The fourth-order valence-electron chi connectivity index (χ4n) is 1.47. The molecule has 0 fully saturated rings. The van der Waals surface area contributed by atoms with E-state index >= 15 is 0 Å². The molecule has 15 heavy (non-hydrogen) atoms. The predicted octanol–water partition coefficient (Wildman–Crippen LogP) is 0.707. The average molecular weight is 218 g/mol. The van der Waals surface area contributed by atoms with Crippen LogP contribution in [-0.4, -0.2) is 57.5 Å². The van der Waals surface area contributed by atoms with Gasteiger partial charge in [0.2, 0.25) is 0 Å². The van der Waals surface area contributed by atoms with Gasteiger partial charge in [0.05, 0.1) is 12.7 Å². The number of nitrogens with two attached hydrogens (primary N) is 1. The zero-order valence-electron chi connectivity index (χ0n) is 10.5. The van der Waals surface area contributed by atoms with Gasteiger partial charge in [0.1, 0.15) is 0 Å². The zero-order valence-corrected chi connectivity index (χ0v) is 10.5. The van der Waals surface area contributed by atoms with Crippen LogP contribution in [0.15, 0.2) is 0 Å². The highest BCUT2D eigenvalue weighted by Crippen LogP contribution is 2.05. The van der Waals surface area contributed by atoms with Crippen LogP contribution < -0.4 is 5.73 Å². The fourth-order valence-corrected chi connectivity index (χ4v) is 1.47. The molecule has 0 aromatic rings. The highest BCUT2D eigenvalue weighted by Gasteiger charge is 2.16. The largest absolute Gasteiger partial charge is 0.383 e. The lowest BCUT2D eigenvalue weighted by atomic mass is 10.2. The lowest BCUT2D eigenvalue weighted by Gasteiger charge is -2.30. The summed E-state index contributed by atoms with van der Waals surface area (Å²) >= 11 is 0. The van der Waals surface area contributed by atoms with Gasteiger partial charge < -0.3 is 15.2 Å². The molecule has 0 spiro atoms. The summed E-state index contributed by atoms with van der Waals surface area (Å²) in [6, 6.07) is 0.546. The first-order valence-electron chi connectivity index (χ1n) is 5.65. The van der Waals surface area contributed by atoms with Crippen LogP contribution in [0.1, 0.15) is 20.3 Å². The predicted molar refractivity (Wildman–Crippen MR) is 63.1 cm³/mol. The molecule has 2 atom stereocenters. The van der Waals surface area contributed by atoms with Crippen LogP contribution in [0.5, 0.6) is 0 Å². The first-order chi connectivity index (χ1) is 7.19. The Labute approximate surface area is 93.7 Å². The van der Waals surface area contributed by atoms with E-state index in [0.717, 1.165) is 26.1 Å². The van der Waals surface area contributed by atoms with E-state index in [9.17, 15) is 0 Å². The Bertz CT molecular complexity index is 141. The number of methoxy groups -OCH3 is 2. The van der Waals surface area contributed by atoms with E-state index in [1.165, 1.54) is 0 Å². The van der Waals surface area contributed by atoms with Crippen molar-refractivity contribution in [2.24, 2.45) is 5.73 Å². The van der Waals surface area contributed by atoms with Crippen LogP contribution in [0.3, 0.4) is 0 Å². The molecule has 0 bridgehead atoms. The molecule has 0 aromatic carbocycles. The van der Waals surface area contributed by atoms with Crippen molar-refractivity contribution in [1.82, 2.24) is 4.90 Å². The number of hydrogen-bond acceptors (Lipinski definition) is 4. The van der Waals surface area contributed by atoms with E-state index in [1.54, 1.807) is 14.2 Å². The molecular formula is C11H26N2O2. The van der Waals surface area contributed by atoms with Gasteiger partial charge in [-0.2, -0.15) is 0 Å². The van der Waals surface area contributed by atoms with Gasteiger partial charge >= 0.3 is 0 Å². The highest BCUT2D eigenvalue weighted by atomic mass is 16.5. The quantitative estimate of drug-likeness (QED) is 0.619. The number of hydrogen-bond donors (Lipinski definition) is 1. The molecule has 2 N–H and O–H groups in total. The van der Waals surface area contributed by atoms with Crippen LogP contribution >= 0.6 is 0 Å². The highest BCUT2D eigenvalue weighted by molar-refractivity contribution is 4.71. The maximum absolute atomic E-state index is 5.62. The molecule has 4 heteroatoms. The monoisotopic (exact) mass is 218 g/mol. The molecule has 0 aromatic heterocycles. The van der Waals surface area contributed by atoms with Crippen molar-refractivity contribution in [2.45, 2.75) is 32.4 Å². The number of nitrogens with zero attached hydrogens (tertiary/aromatic N) is 1. The Morgan fingerprint density at radius 2 is 2.00 bits per heavy atom. The summed E-state index contributed by atoms with van der Waals surface area (Å²) in [5.74, 6) is 0. The van der Waals surface area contributed by atoms with Gasteiger partial charge in [-0.1, -0.05) is 6.92 Å². The standard InChI is InChI=1S/C11H26N2O2/c1-5-10(2)13(6-7-14-3)9-11(8-12)15-4/h10-11H,5-9,12H2,1-4H3. The van der Waals surface area contributed by atoms with Crippen LogP contribution in [-0.2, 0) is 9.47 Å². The number of ether oxygens (including phenoxy) is 2. The third-order valence-corrected chi connectivity index (χ3v) is 2.83. The molecular weight excluding hydrogens is 192 g/mol. The minimum atomic E-state index is 0.121. The first kappa shape index (κ1) is 14.8. The Kier molecular flexibility index (Phi) is 9.00. The summed E-state index contributed by atoms with van der Waals surface area (Å²) < 4.78 is 10.4. The Morgan fingerprint density at radius 1 is 1.33 bits per heavy atom. The molecule has 0 aliphatic rings. The molecule has 0 amide bonds. The summed E-state index contributed by atoms with van der Waals surface area (Å²) in [5, 5.41) is 0. The summed E-state index contributed by atoms with van der Waals surface area (Å²) in [5.41, 5.74) is 5.62. The van der Waals surface area contributed by atoms with Crippen molar-refractivity contribution in [2.75, 3.05) is 40.5 Å². The topological polar surface area (TPSA) is 47.7 Å². The van der Waals surface area contributed by atoms with E-state index in [4.69, 9.17) is 15.2 Å². The SMILES string of the molecule is CCC(C)N(CCOC)CC(CN)OC. The number of rotatable bonds is 9. The fraction of sp³-hybridized carbons (Fsp3) is 1.00. The van der Waals surface area contributed by atoms with Crippen molar-refractivity contribution < 1.29 is 9.47 Å². The second-order valence-corrected chi connectivity index (χ2v) is 3.84.